The second kappa shape index (κ2) is 8.97. The predicted octanol–water partition coefficient (Wildman–Crippen LogP) is 3.89. The molecule has 1 aliphatic heterocycles. The van der Waals surface area contributed by atoms with Gasteiger partial charge in [-0.25, -0.2) is 4.98 Å². The molecule has 0 radical (unpaired) electrons. The smallest absolute Gasteiger partial charge is 0.286 e. The molecule has 2 aromatic carbocycles. The van der Waals surface area contributed by atoms with Gasteiger partial charge in [-0.15, -0.1) is 0 Å². The van der Waals surface area contributed by atoms with E-state index < -0.39 is 16.0 Å². The molecule has 2 heterocycles. The molecule has 6 nitrogen and oxygen atoms in total. The van der Waals surface area contributed by atoms with Crippen molar-refractivity contribution in [3.05, 3.63) is 71.6 Å². The van der Waals surface area contributed by atoms with Gasteiger partial charge < -0.3 is 4.42 Å². The highest BCUT2D eigenvalue weighted by Crippen LogP contribution is 2.24. The lowest BCUT2D eigenvalue weighted by atomic mass is 10.1. The van der Waals surface area contributed by atoms with Crippen LogP contribution in [0.2, 0.25) is 0 Å². The first-order valence-corrected chi connectivity index (χ1v) is 11.7. The fraction of sp³-hybridized carbons (Fsp3) is 0.227. The van der Waals surface area contributed by atoms with Crippen molar-refractivity contribution in [3.8, 4) is 11.5 Å². The van der Waals surface area contributed by atoms with E-state index in [1.54, 1.807) is 0 Å². The third-order valence-electron chi connectivity index (χ3n) is 4.81. The highest BCUT2D eigenvalue weighted by atomic mass is 32.2. The molecule has 0 saturated carbocycles. The number of benzene rings is 2. The molecule has 0 spiro atoms. The van der Waals surface area contributed by atoms with E-state index in [1.807, 2.05) is 61.5 Å². The number of thioether (sulfide) groups is 1. The summed E-state index contributed by atoms with van der Waals surface area (Å²) in [4.78, 5) is 28.2. The van der Waals surface area contributed by atoms with Gasteiger partial charge in [0.05, 0.1) is 21.7 Å². The van der Waals surface area contributed by atoms with Crippen molar-refractivity contribution in [2.45, 2.75) is 29.9 Å². The molecule has 0 aliphatic carbocycles. The van der Waals surface area contributed by atoms with E-state index in [0.717, 1.165) is 39.2 Å². The van der Waals surface area contributed by atoms with Gasteiger partial charge in [0.15, 0.2) is 0 Å². The Morgan fingerprint density at radius 1 is 1.10 bits per heavy atom. The Bertz CT molecular complexity index is 1090. The summed E-state index contributed by atoms with van der Waals surface area (Å²) in [6, 6.07) is 17.0. The number of carbonyl (C=O) groups excluding carboxylic acids is 2. The molecule has 0 bridgehead atoms. The van der Waals surface area contributed by atoms with Crippen LogP contribution in [0.4, 0.5) is 4.79 Å². The largest absolute Gasteiger partial charge is 0.441 e. The number of carbonyl (C=O) groups is 2. The number of nitrogens with one attached hydrogen (secondary N) is 1. The molecule has 1 aliphatic rings. The molecule has 4 rings (SSSR count). The summed E-state index contributed by atoms with van der Waals surface area (Å²) in [6.45, 7) is 1.87. The van der Waals surface area contributed by atoms with Crippen molar-refractivity contribution >= 4 is 33.7 Å². The molecule has 2 amide bonds. The fourth-order valence-corrected chi connectivity index (χ4v) is 5.10. The van der Waals surface area contributed by atoms with Crippen molar-refractivity contribution in [1.29, 1.82) is 0 Å². The van der Waals surface area contributed by atoms with Gasteiger partial charge in [-0.2, -0.15) is 0 Å². The number of hydrogen-bond acceptors (Lipinski definition) is 6. The summed E-state index contributed by atoms with van der Waals surface area (Å²) >= 11 is 1.01. The lowest BCUT2D eigenvalue weighted by Crippen LogP contribution is -2.25. The molecule has 8 heteroatoms. The molecular formula is C22H20N2O4S2. The van der Waals surface area contributed by atoms with Gasteiger partial charge in [0.1, 0.15) is 5.76 Å². The molecule has 2 atom stereocenters. The van der Waals surface area contributed by atoms with Gasteiger partial charge in [-0.1, -0.05) is 42.1 Å². The number of aryl methyl sites for hydroxylation is 2. The summed E-state index contributed by atoms with van der Waals surface area (Å²) in [5.74, 6) is 1.50. The maximum Gasteiger partial charge on any atom is 0.286 e. The lowest BCUT2D eigenvalue weighted by molar-refractivity contribution is -0.118. The second-order valence-electron chi connectivity index (χ2n) is 6.92. The summed E-state index contributed by atoms with van der Waals surface area (Å²) in [7, 11) is -1.17. The van der Waals surface area contributed by atoms with Crippen LogP contribution in [0, 0.1) is 6.92 Å². The monoisotopic (exact) mass is 440 g/mol. The van der Waals surface area contributed by atoms with E-state index in [2.05, 4.69) is 10.3 Å². The fourth-order valence-electron chi connectivity index (χ4n) is 3.19. The maximum atomic E-state index is 12.7. The van der Waals surface area contributed by atoms with Gasteiger partial charge in [-0.3, -0.25) is 19.1 Å². The van der Waals surface area contributed by atoms with Crippen molar-refractivity contribution in [1.82, 2.24) is 10.3 Å². The average Bonchev–Trinajstić information content (AvgIpc) is 3.28. The third-order valence-corrected chi connectivity index (χ3v) is 7.17. The zero-order valence-electron chi connectivity index (χ0n) is 16.3. The van der Waals surface area contributed by atoms with Crippen LogP contribution < -0.4 is 5.32 Å². The van der Waals surface area contributed by atoms with Crippen molar-refractivity contribution in [2.24, 2.45) is 0 Å². The van der Waals surface area contributed by atoms with Crippen LogP contribution in [-0.4, -0.2) is 31.3 Å². The van der Waals surface area contributed by atoms with Crippen LogP contribution >= 0.6 is 11.8 Å². The summed E-state index contributed by atoms with van der Waals surface area (Å²) < 4.78 is 18.5. The molecule has 3 aromatic rings. The molecule has 154 valence electrons. The van der Waals surface area contributed by atoms with Crippen molar-refractivity contribution < 1.29 is 18.2 Å². The van der Waals surface area contributed by atoms with Gasteiger partial charge in [0.25, 0.3) is 5.24 Å². The number of oxazole rings is 1. The molecular weight excluding hydrogens is 420 g/mol. The molecule has 1 saturated heterocycles. The minimum Gasteiger partial charge on any atom is -0.441 e. The SMILES string of the molecule is Cc1oc(-c2ccccc2)nc1CCS(=O)c1ccc(CC2SC(=O)NC2=O)cc1. The zero-order valence-corrected chi connectivity index (χ0v) is 17.9. The Morgan fingerprint density at radius 3 is 2.50 bits per heavy atom. The van der Waals surface area contributed by atoms with Gasteiger partial charge in [0, 0.05) is 22.6 Å². The van der Waals surface area contributed by atoms with Crippen molar-refractivity contribution in [3.63, 3.8) is 0 Å². The van der Waals surface area contributed by atoms with E-state index in [-0.39, 0.29) is 11.1 Å². The maximum absolute atomic E-state index is 12.7. The Hall–Kier alpha value is -2.71. The van der Waals surface area contributed by atoms with Gasteiger partial charge in [0.2, 0.25) is 11.8 Å². The second-order valence-corrected chi connectivity index (χ2v) is 9.67. The normalized spacial score (nSPS) is 17.2. The summed E-state index contributed by atoms with van der Waals surface area (Å²) in [5, 5.41) is 1.58. The molecule has 1 aromatic heterocycles. The highest BCUT2D eigenvalue weighted by molar-refractivity contribution is 8.15. The van der Waals surface area contributed by atoms with E-state index in [1.165, 1.54) is 0 Å². The standard InChI is InChI=1S/C22H20N2O4S2/c1-14-18(23-21(28-14)16-5-3-2-4-6-16)11-12-30(27)17-9-7-15(8-10-17)13-19-20(25)24-22(26)29-19/h2-10,19H,11-13H2,1H3,(H,24,25,26). The first-order chi connectivity index (χ1) is 14.5. The Labute approximate surface area is 180 Å². The predicted molar refractivity (Wildman–Crippen MR) is 117 cm³/mol. The highest BCUT2D eigenvalue weighted by Gasteiger charge is 2.31. The van der Waals surface area contributed by atoms with E-state index >= 15 is 0 Å². The van der Waals surface area contributed by atoms with Crippen LogP contribution in [0.1, 0.15) is 17.0 Å². The molecule has 1 N–H and O–H groups in total. The minimum absolute atomic E-state index is 0.254. The van der Waals surface area contributed by atoms with Crippen LogP contribution in [0.3, 0.4) is 0 Å². The average molecular weight is 441 g/mol. The van der Waals surface area contributed by atoms with Crippen LogP contribution in [0.25, 0.3) is 11.5 Å². The van der Waals surface area contributed by atoms with E-state index in [4.69, 9.17) is 4.42 Å². The number of nitrogens with zero attached hydrogens (tertiary/aromatic N) is 1. The number of hydrogen-bond donors (Lipinski definition) is 1. The topological polar surface area (TPSA) is 89.3 Å². The Kier molecular flexibility index (Phi) is 6.15. The van der Waals surface area contributed by atoms with Gasteiger partial charge in [-0.05, 0) is 43.2 Å². The molecule has 1 fully saturated rings. The first kappa shape index (κ1) is 20.6. The summed E-state index contributed by atoms with van der Waals surface area (Å²) in [5.41, 5.74) is 2.66. The number of aromatic nitrogens is 1. The number of rotatable bonds is 7. The number of imide groups is 1. The van der Waals surface area contributed by atoms with E-state index in [9.17, 15) is 13.8 Å². The lowest BCUT2D eigenvalue weighted by Gasteiger charge is -2.07. The Balaban J connectivity index is 1.36. The zero-order chi connectivity index (χ0) is 21.1. The van der Waals surface area contributed by atoms with Gasteiger partial charge >= 0.3 is 0 Å². The Morgan fingerprint density at radius 2 is 1.83 bits per heavy atom. The molecule has 30 heavy (non-hydrogen) atoms. The third kappa shape index (κ3) is 4.71. The van der Waals surface area contributed by atoms with E-state index in [0.29, 0.717) is 24.5 Å². The molecule has 2 unspecified atom stereocenters. The quantitative estimate of drug-likeness (QED) is 0.599. The number of amides is 2. The van der Waals surface area contributed by atoms with Crippen LogP contribution in [0.15, 0.2) is 63.9 Å². The summed E-state index contributed by atoms with van der Waals surface area (Å²) in [6.07, 6.45) is 1.02. The van der Waals surface area contributed by atoms with Crippen molar-refractivity contribution in [2.75, 3.05) is 5.75 Å². The minimum atomic E-state index is -1.17. The van der Waals surface area contributed by atoms with Crippen LogP contribution in [-0.2, 0) is 28.4 Å². The van der Waals surface area contributed by atoms with Crippen LogP contribution in [0.5, 0.6) is 0 Å². The first-order valence-electron chi connectivity index (χ1n) is 9.50.